The van der Waals surface area contributed by atoms with Crippen molar-refractivity contribution < 1.29 is 19.1 Å². The number of imide groups is 1. The summed E-state index contributed by atoms with van der Waals surface area (Å²) in [6.45, 7) is 4.81. The van der Waals surface area contributed by atoms with Crippen LogP contribution in [0.1, 0.15) is 45.4 Å². The predicted molar refractivity (Wildman–Crippen MR) is 107 cm³/mol. The van der Waals surface area contributed by atoms with Gasteiger partial charge in [-0.2, -0.15) is 0 Å². The average Bonchev–Trinajstić information content (AvgIpc) is 2.88. The summed E-state index contributed by atoms with van der Waals surface area (Å²) in [7, 11) is 1.67. The maximum atomic E-state index is 12.8. The van der Waals surface area contributed by atoms with Gasteiger partial charge >= 0.3 is 6.03 Å². The Labute approximate surface area is 172 Å². The molecule has 160 valence electrons. The van der Waals surface area contributed by atoms with Gasteiger partial charge in [-0.25, -0.2) is 4.79 Å². The normalized spacial score (nSPS) is 29.4. The number of rotatable bonds is 6. The molecule has 28 heavy (non-hydrogen) atoms. The van der Waals surface area contributed by atoms with Crippen molar-refractivity contribution in [3.63, 3.8) is 0 Å². The molecule has 8 nitrogen and oxygen atoms in total. The molecule has 2 heterocycles. The molecule has 4 amide bonds. The molecule has 3 fully saturated rings. The van der Waals surface area contributed by atoms with E-state index < -0.39 is 11.6 Å². The Morgan fingerprint density at radius 1 is 1.21 bits per heavy atom. The molecule has 2 saturated heterocycles. The quantitative estimate of drug-likeness (QED) is 0.562. The standard InChI is InChI=1S/C19H32N4O4.ClH/c1-14-3-5-19(6-4-14)16(25)23(17(26)22-19)11-15(24)21-12-18(13-27-2)7-9-20-10-8-18;/h14,20H,3-13H2,1-2H3,(H,21,24)(H,22,26);1H. The van der Waals surface area contributed by atoms with E-state index in [2.05, 4.69) is 22.9 Å². The van der Waals surface area contributed by atoms with E-state index in [1.807, 2.05) is 0 Å². The van der Waals surface area contributed by atoms with E-state index in [4.69, 9.17) is 4.74 Å². The highest BCUT2D eigenvalue weighted by atomic mass is 35.5. The third-order valence-electron chi connectivity index (χ3n) is 6.45. The zero-order chi connectivity index (χ0) is 19.5. The number of urea groups is 1. The van der Waals surface area contributed by atoms with E-state index in [-0.39, 0.29) is 36.2 Å². The number of amides is 4. The van der Waals surface area contributed by atoms with Crippen molar-refractivity contribution in [1.82, 2.24) is 20.9 Å². The smallest absolute Gasteiger partial charge is 0.325 e. The van der Waals surface area contributed by atoms with E-state index in [0.29, 0.717) is 31.9 Å². The first-order valence-corrected chi connectivity index (χ1v) is 10.0. The van der Waals surface area contributed by atoms with Crippen molar-refractivity contribution in [3.05, 3.63) is 0 Å². The lowest BCUT2D eigenvalue weighted by Gasteiger charge is -2.37. The van der Waals surface area contributed by atoms with Gasteiger partial charge in [-0.05, 0) is 57.5 Å². The van der Waals surface area contributed by atoms with Crippen LogP contribution in [0.4, 0.5) is 4.79 Å². The van der Waals surface area contributed by atoms with Gasteiger partial charge in [0, 0.05) is 19.1 Å². The summed E-state index contributed by atoms with van der Waals surface area (Å²) < 4.78 is 5.36. The van der Waals surface area contributed by atoms with Crippen molar-refractivity contribution in [3.8, 4) is 0 Å². The Hall–Kier alpha value is -1.38. The van der Waals surface area contributed by atoms with Gasteiger partial charge in [-0.15, -0.1) is 12.4 Å². The number of nitrogens with one attached hydrogen (secondary N) is 3. The lowest BCUT2D eigenvalue weighted by atomic mass is 9.77. The van der Waals surface area contributed by atoms with Crippen LogP contribution in [0.25, 0.3) is 0 Å². The Morgan fingerprint density at radius 3 is 2.46 bits per heavy atom. The topological polar surface area (TPSA) is 99.8 Å². The summed E-state index contributed by atoms with van der Waals surface area (Å²) in [4.78, 5) is 38.7. The van der Waals surface area contributed by atoms with Gasteiger partial charge < -0.3 is 20.7 Å². The first-order valence-electron chi connectivity index (χ1n) is 10.0. The van der Waals surface area contributed by atoms with Crippen molar-refractivity contribution >= 4 is 30.3 Å². The molecule has 3 N–H and O–H groups in total. The fraction of sp³-hybridized carbons (Fsp3) is 0.842. The second kappa shape index (κ2) is 9.41. The molecule has 2 aliphatic heterocycles. The van der Waals surface area contributed by atoms with Gasteiger partial charge in [-0.3, -0.25) is 14.5 Å². The van der Waals surface area contributed by atoms with E-state index in [1.54, 1.807) is 7.11 Å². The van der Waals surface area contributed by atoms with Crippen LogP contribution in [0.5, 0.6) is 0 Å². The fourth-order valence-electron chi connectivity index (χ4n) is 4.53. The van der Waals surface area contributed by atoms with Crippen molar-refractivity contribution in [2.45, 2.75) is 51.0 Å². The summed E-state index contributed by atoms with van der Waals surface area (Å²) in [5.41, 5.74) is -0.885. The van der Waals surface area contributed by atoms with E-state index in [0.717, 1.165) is 43.7 Å². The maximum absolute atomic E-state index is 12.8. The highest BCUT2D eigenvalue weighted by Crippen LogP contribution is 2.36. The number of hydrogen-bond acceptors (Lipinski definition) is 5. The van der Waals surface area contributed by atoms with Gasteiger partial charge in [0.25, 0.3) is 5.91 Å². The minimum atomic E-state index is -0.795. The Kier molecular flexibility index (Phi) is 7.70. The highest BCUT2D eigenvalue weighted by Gasteiger charge is 2.52. The second-order valence-electron chi connectivity index (χ2n) is 8.55. The maximum Gasteiger partial charge on any atom is 0.325 e. The van der Waals surface area contributed by atoms with Crippen LogP contribution in [0.15, 0.2) is 0 Å². The molecule has 1 saturated carbocycles. The van der Waals surface area contributed by atoms with Gasteiger partial charge in [0.2, 0.25) is 5.91 Å². The molecule has 3 aliphatic rings. The van der Waals surface area contributed by atoms with Gasteiger partial charge in [-0.1, -0.05) is 6.92 Å². The highest BCUT2D eigenvalue weighted by molar-refractivity contribution is 6.09. The number of carbonyl (C=O) groups is 3. The lowest BCUT2D eigenvalue weighted by Crippen LogP contribution is -2.51. The molecule has 1 aliphatic carbocycles. The number of hydrogen-bond donors (Lipinski definition) is 3. The molecule has 0 aromatic rings. The van der Waals surface area contributed by atoms with Gasteiger partial charge in [0.1, 0.15) is 12.1 Å². The second-order valence-corrected chi connectivity index (χ2v) is 8.55. The third kappa shape index (κ3) is 4.78. The summed E-state index contributed by atoms with van der Waals surface area (Å²) in [5.74, 6) is 0.0244. The van der Waals surface area contributed by atoms with E-state index >= 15 is 0 Å². The fourth-order valence-corrected chi connectivity index (χ4v) is 4.53. The van der Waals surface area contributed by atoms with Crippen LogP contribution >= 0.6 is 12.4 Å². The van der Waals surface area contributed by atoms with Crippen molar-refractivity contribution in [2.24, 2.45) is 11.3 Å². The lowest BCUT2D eigenvalue weighted by molar-refractivity contribution is -0.136. The van der Waals surface area contributed by atoms with Crippen LogP contribution in [-0.2, 0) is 14.3 Å². The monoisotopic (exact) mass is 416 g/mol. The minimum Gasteiger partial charge on any atom is -0.384 e. The number of carbonyl (C=O) groups excluding carboxylic acids is 3. The first kappa shape index (κ1) is 22.9. The number of nitrogens with zero attached hydrogens (tertiary/aromatic N) is 1. The van der Waals surface area contributed by atoms with Gasteiger partial charge in [0.05, 0.1) is 6.61 Å². The van der Waals surface area contributed by atoms with Crippen LogP contribution in [0.2, 0.25) is 0 Å². The number of ether oxygens (including phenoxy) is 1. The average molecular weight is 417 g/mol. The third-order valence-corrected chi connectivity index (χ3v) is 6.45. The molecule has 0 bridgehead atoms. The number of methoxy groups -OCH3 is 1. The summed E-state index contributed by atoms with van der Waals surface area (Å²) in [5, 5.41) is 9.10. The molecule has 0 aromatic carbocycles. The molecular weight excluding hydrogens is 384 g/mol. The van der Waals surface area contributed by atoms with E-state index in [1.165, 1.54) is 0 Å². The Bertz CT molecular complexity index is 581. The SMILES string of the molecule is COCC1(CNC(=O)CN2C(=O)NC3(CCC(C)CC3)C2=O)CCNCC1.Cl. The van der Waals surface area contributed by atoms with Crippen molar-refractivity contribution in [1.29, 1.82) is 0 Å². The summed E-state index contributed by atoms with van der Waals surface area (Å²) in [6, 6.07) is -0.446. The summed E-state index contributed by atoms with van der Waals surface area (Å²) >= 11 is 0. The zero-order valence-electron chi connectivity index (χ0n) is 16.8. The van der Waals surface area contributed by atoms with Crippen LogP contribution in [0.3, 0.4) is 0 Å². The molecule has 0 radical (unpaired) electrons. The van der Waals surface area contributed by atoms with Crippen LogP contribution in [-0.4, -0.2) is 68.2 Å². The number of halogens is 1. The van der Waals surface area contributed by atoms with Gasteiger partial charge in [0.15, 0.2) is 0 Å². The zero-order valence-corrected chi connectivity index (χ0v) is 17.7. The van der Waals surface area contributed by atoms with E-state index in [9.17, 15) is 14.4 Å². The molecule has 3 rings (SSSR count). The summed E-state index contributed by atoms with van der Waals surface area (Å²) in [6.07, 6.45) is 4.98. The molecular formula is C19H33ClN4O4. The first-order chi connectivity index (χ1) is 12.9. The van der Waals surface area contributed by atoms with Crippen molar-refractivity contribution in [2.75, 3.05) is 39.9 Å². The Morgan fingerprint density at radius 2 is 1.86 bits per heavy atom. The number of piperidine rings is 1. The minimum absolute atomic E-state index is 0. The molecule has 1 spiro atoms. The molecule has 9 heteroatoms. The van der Waals surface area contributed by atoms with Crippen LogP contribution < -0.4 is 16.0 Å². The molecule has 0 unspecified atom stereocenters. The van der Waals surface area contributed by atoms with Crippen LogP contribution in [0, 0.1) is 11.3 Å². The predicted octanol–water partition coefficient (Wildman–Crippen LogP) is 1.04. The molecule has 0 aromatic heterocycles. The molecule has 0 atom stereocenters. The largest absolute Gasteiger partial charge is 0.384 e. The Balaban J connectivity index is 0.00000280.